The summed E-state index contributed by atoms with van der Waals surface area (Å²) in [6, 6.07) is 21.1. The molecule has 3 aromatic rings. The highest BCUT2D eigenvalue weighted by Gasteiger charge is 2.34. The lowest BCUT2D eigenvalue weighted by Crippen LogP contribution is -2.55. The minimum Gasteiger partial charge on any atom is -0.497 e. The second kappa shape index (κ2) is 13.3. The minimum atomic E-state index is -4.11. The molecule has 0 saturated carbocycles. The van der Waals surface area contributed by atoms with Gasteiger partial charge in [-0.1, -0.05) is 59.3 Å². The lowest BCUT2D eigenvalue weighted by atomic mass is 10.1. The number of anilines is 1. The van der Waals surface area contributed by atoms with Crippen LogP contribution in [0.5, 0.6) is 5.75 Å². The third-order valence-corrected chi connectivity index (χ3v) is 8.38. The summed E-state index contributed by atoms with van der Waals surface area (Å²) in [5.74, 6) is -0.156. The monoisotopic (exact) mass is 629 g/mol. The Bertz CT molecular complexity index is 1410. The number of hydrogen-bond acceptors (Lipinski definition) is 5. The average molecular weight is 631 g/mol. The number of nitrogens with zero attached hydrogens (tertiary/aromatic N) is 2. The molecule has 0 radical (unpaired) electrons. The maximum Gasteiger partial charge on any atom is 0.264 e. The molecule has 2 amide bonds. The number of amides is 2. The van der Waals surface area contributed by atoms with Crippen molar-refractivity contribution in [2.24, 2.45) is 0 Å². The standard InChI is InChI=1S/C30H36BrN3O5S/c1-6-27(29(36)32-30(2,3)4)33(20-22-15-17-25(39-5)18-16-22)28(35)21-34(24-12-10-11-23(31)19-24)40(37,38)26-13-8-7-9-14-26/h7-19,27H,6,20-21H2,1-5H3,(H,32,36). The van der Waals surface area contributed by atoms with Crippen molar-refractivity contribution in [3.05, 3.63) is 88.9 Å². The molecule has 0 bridgehead atoms. The predicted octanol–water partition coefficient (Wildman–Crippen LogP) is 5.38. The number of nitrogens with one attached hydrogen (secondary N) is 1. The first-order valence-electron chi connectivity index (χ1n) is 12.9. The lowest BCUT2D eigenvalue weighted by Gasteiger charge is -2.34. The van der Waals surface area contributed by atoms with E-state index in [4.69, 9.17) is 4.74 Å². The molecule has 214 valence electrons. The molecule has 1 N–H and O–H groups in total. The normalized spacial score (nSPS) is 12.3. The van der Waals surface area contributed by atoms with Gasteiger partial charge in [-0.25, -0.2) is 8.42 Å². The van der Waals surface area contributed by atoms with E-state index in [1.54, 1.807) is 61.7 Å². The highest BCUT2D eigenvalue weighted by Crippen LogP contribution is 2.27. The molecule has 0 saturated heterocycles. The van der Waals surface area contributed by atoms with Crippen LogP contribution in [-0.4, -0.2) is 50.4 Å². The van der Waals surface area contributed by atoms with Crippen LogP contribution in [0.3, 0.4) is 0 Å². The second-order valence-corrected chi connectivity index (χ2v) is 13.1. The van der Waals surface area contributed by atoms with Crippen LogP contribution in [0.25, 0.3) is 0 Å². The molecule has 1 unspecified atom stereocenters. The summed E-state index contributed by atoms with van der Waals surface area (Å²) in [4.78, 5) is 29.0. The Labute approximate surface area is 245 Å². The summed E-state index contributed by atoms with van der Waals surface area (Å²) in [7, 11) is -2.55. The molecule has 0 fully saturated rings. The van der Waals surface area contributed by atoms with Crippen LogP contribution in [-0.2, 0) is 26.2 Å². The second-order valence-electron chi connectivity index (χ2n) is 10.3. The first-order valence-corrected chi connectivity index (χ1v) is 15.2. The van der Waals surface area contributed by atoms with Crippen LogP contribution in [0, 0.1) is 0 Å². The Balaban J connectivity index is 2.06. The van der Waals surface area contributed by atoms with Crippen LogP contribution >= 0.6 is 15.9 Å². The summed E-state index contributed by atoms with van der Waals surface area (Å²) in [6.45, 7) is 7.05. The molecule has 8 nitrogen and oxygen atoms in total. The fourth-order valence-corrected chi connectivity index (χ4v) is 5.99. The van der Waals surface area contributed by atoms with E-state index in [0.717, 1.165) is 9.87 Å². The summed E-state index contributed by atoms with van der Waals surface area (Å²) in [5.41, 5.74) is 0.581. The maximum atomic E-state index is 14.1. The van der Waals surface area contributed by atoms with Gasteiger partial charge in [-0.15, -0.1) is 0 Å². The molecule has 0 heterocycles. The van der Waals surface area contributed by atoms with Gasteiger partial charge < -0.3 is 15.0 Å². The van der Waals surface area contributed by atoms with E-state index in [2.05, 4.69) is 21.2 Å². The zero-order chi connectivity index (χ0) is 29.5. The molecule has 1 atom stereocenters. The maximum absolute atomic E-state index is 14.1. The Kier molecular flexibility index (Phi) is 10.4. The predicted molar refractivity (Wildman–Crippen MR) is 161 cm³/mol. The van der Waals surface area contributed by atoms with E-state index < -0.39 is 34.1 Å². The fraction of sp³-hybridized carbons (Fsp3) is 0.333. The third-order valence-electron chi connectivity index (χ3n) is 6.10. The molecular formula is C30H36BrN3O5S. The Morgan fingerprint density at radius 2 is 1.62 bits per heavy atom. The van der Waals surface area contributed by atoms with Crippen molar-refractivity contribution in [3.63, 3.8) is 0 Å². The summed E-state index contributed by atoms with van der Waals surface area (Å²) in [5, 5.41) is 2.97. The Morgan fingerprint density at radius 1 is 0.975 bits per heavy atom. The van der Waals surface area contributed by atoms with Gasteiger partial charge in [0.2, 0.25) is 11.8 Å². The van der Waals surface area contributed by atoms with Crippen LogP contribution in [0.4, 0.5) is 5.69 Å². The molecule has 0 aliphatic rings. The molecule has 3 rings (SSSR count). The summed E-state index contributed by atoms with van der Waals surface area (Å²) in [6.07, 6.45) is 0.339. The van der Waals surface area contributed by atoms with E-state index in [9.17, 15) is 18.0 Å². The molecule has 0 aliphatic carbocycles. The van der Waals surface area contributed by atoms with E-state index in [0.29, 0.717) is 22.3 Å². The molecule has 0 spiro atoms. The van der Waals surface area contributed by atoms with Crippen molar-refractivity contribution in [2.75, 3.05) is 18.0 Å². The minimum absolute atomic E-state index is 0.0574. The quantitative estimate of drug-likeness (QED) is 0.307. The van der Waals surface area contributed by atoms with Crippen molar-refractivity contribution in [1.29, 1.82) is 0 Å². The van der Waals surface area contributed by atoms with Gasteiger partial charge in [0.05, 0.1) is 17.7 Å². The molecule has 10 heteroatoms. The Morgan fingerprint density at radius 3 is 2.17 bits per heavy atom. The zero-order valence-electron chi connectivity index (χ0n) is 23.4. The number of carbonyl (C=O) groups is 2. The summed E-state index contributed by atoms with van der Waals surface area (Å²) < 4.78 is 34.7. The highest BCUT2D eigenvalue weighted by molar-refractivity contribution is 9.10. The molecule has 0 aromatic heterocycles. The number of methoxy groups -OCH3 is 1. The lowest BCUT2D eigenvalue weighted by molar-refractivity contribution is -0.141. The zero-order valence-corrected chi connectivity index (χ0v) is 25.8. The van der Waals surface area contributed by atoms with E-state index in [1.165, 1.54) is 17.0 Å². The van der Waals surface area contributed by atoms with Crippen molar-refractivity contribution >= 4 is 43.5 Å². The summed E-state index contributed by atoms with van der Waals surface area (Å²) >= 11 is 3.41. The number of halogens is 1. The number of sulfonamides is 1. The van der Waals surface area contributed by atoms with Gasteiger partial charge in [0.15, 0.2) is 0 Å². The third kappa shape index (κ3) is 8.08. The molecule has 3 aromatic carbocycles. The fourth-order valence-electron chi connectivity index (χ4n) is 4.18. The Hall–Kier alpha value is -3.37. The first-order chi connectivity index (χ1) is 18.9. The van der Waals surface area contributed by atoms with Gasteiger partial charge in [0.25, 0.3) is 10.0 Å². The van der Waals surface area contributed by atoms with Gasteiger partial charge >= 0.3 is 0 Å². The van der Waals surface area contributed by atoms with E-state index in [-0.39, 0.29) is 17.3 Å². The topological polar surface area (TPSA) is 96.0 Å². The van der Waals surface area contributed by atoms with Gasteiger partial charge in [0, 0.05) is 16.6 Å². The van der Waals surface area contributed by atoms with Crippen molar-refractivity contribution in [2.45, 2.75) is 57.1 Å². The van der Waals surface area contributed by atoms with Crippen LogP contribution in [0.2, 0.25) is 0 Å². The molecule has 0 aliphatic heterocycles. The van der Waals surface area contributed by atoms with Crippen LogP contribution in [0.15, 0.2) is 88.2 Å². The van der Waals surface area contributed by atoms with Crippen molar-refractivity contribution in [3.8, 4) is 5.75 Å². The number of carbonyl (C=O) groups excluding carboxylic acids is 2. The molecule has 40 heavy (non-hydrogen) atoms. The molecular weight excluding hydrogens is 594 g/mol. The van der Waals surface area contributed by atoms with Gasteiger partial charge in [-0.2, -0.15) is 0 Å². The van der Waals surface area contributed by atoms with Crippen LogP contribution in [0.1, 0.15) is 39.7 Å². The smallest absolute Gasteiger partial charge is 0.264 e. The largest absolute Gasteiger partial charge is 0.497 e. The van der Waals surface area contributed by atoms with Gasteiger partial charge in [-0.3, -0.25) is 13.9 Å². The SMILES string of the molecule is CCC(C(=O)NC(C)(C)C)N(Cc1ccc(OC)cc1)C(=O)CN(c1cccc(Br)c1)S(=O)(=O)c1ccccc1. The van der Waals surface area contributed by atoms with Crippen molar-refractivity contribution in [1.82, 2.24) is 10.2 Å². The number of hydrogen-bond donors (Lipinski definition) is 1. The number of rotatable bonds is 11. The van der Waals surface area contributed by atoms with Crippen LogP contribution < -0.4 is 14.4 Å². The van der Waals surface area contributed by atoms with E-state index in [1.807, 2.05) is 39.8 Å². The van der Waals surface area contributed by atoms with Crippen molar-refractivity contribution < 1.29 is 22.7 Å². The van der Waals surface area contributed by atoms with Gasteiger partial charge in [0.1, 0.15) is 18.3 Å². The highest BCUT2D eigenvalue weighted by atomic mass is 79.9. The average Bonchev–Trinajstić information content (AvgIpc) is 2.91. The van der Waals surface area contributed by atoms with Gasteiger partial charge in [-0.05, 0) is 75.2 Å². The number of benzene rings is 3. The number of ether oxygens (including phenoxy) is 1. The first kappa shape index (κ1) is 31.2. The van der Waals surface area contributed by atoms with E-state index >= 15 is 0 Å².